The monoisotopic (exact) mass is 411 g/mol. The van der Waals surface area contributed by atoms with Gasteiger partial charge in [-0.3, -0.25) is 15.1 Å². The van der Waals surface area contributed by atoms with Gasteiger partial charge in [0.15, 0.2) is 0 Å². The standard InChI is InChI=1S/C23H17N5O3/c1-31-18-10-7-16-12-22-25-14-21(20-4-2-3-11-24-20)27(22)26-23(19(16)13-18)15-5-8-17(9-6-15)28(29)30/h2-11,13-14H,12H2,1H3. The van der Waals surface area contributed by atoms with Gasteiger partial charge in [-0.05, 0) is 42.0 Å². The van der Waals surface area contributed by atoms with Gasteiger partial charge < -0.3 is 4.74 Å². The van der Waals surface area contributed by atoms with E-state index in [0.29, 0.717) is 17.9 Å². The molecule has 0 N–H and O–H groups in total. The van der Waals surface area contributed by atoms with Gasteiger partial charge in [-0.1, -0.05) is 12.1 Å². The molecule has 152 valence electrons. The molecule has 2 aromatic heterocycles. The second-order valence-corrected chi connectivity index (χ2v) is 7.04. The fraction of sp³-hybridized carbons (Fsp3) is 0.0870. The number of aromatic nitrogens is 3. The van der Waals surface area contributed by atoms with Gasteiger partial charge >= 0.3 is 0 Å². The Balaban J connectivity index is 1.73. The fourth-order valence-electron chi connectivity index (χ4n) is 3.64. The van der Waals surface area contributed by atoms with Crippen molar-refractivity contribution in [2.24, 2.45) is 5.10 Å². The lowest BCUT2D eigenvalue weighted by molar-refractivity contribution is -0.384. The Bertz CT molecular complexity index is 1310. The molecule has 1 aliphatic heterocycles. The van der Waals surface area contributed by atoms with E-state index in [-0.39, 0.29) is 5.69 Å². The number of hydrogen-bond acceptors (Lipinski definition) is 6. The van der Waals surface area contributed by atoms with Crippen molar-refractivity contribution in [3.63, 3.8) is 0 Å². The molecule has 8 heteroatoms. The fourth-order valence-corrected chi connectivity index (χ4v) is 3.64. The number of nitrogens with zero attached hydrogens (tertiary/aromatic N) is 5. The lowest BCUT2D eigenvalue weighted by atomic mass is 9.95. The van der Waals surface area contributed by atoms with E-state index in [1.165, 1.54) is 12.1 Å². The van der Waals surface area contributed by atoms with Crippen LogP contribution in [0.25, 0.3) is 11.4 Å². The highest BCUT2D eigenvalue weighted by molar-refractivity contribution is 6.14. The first-order valence-electron chi connectivity index (χ1n) is 9.63. The zero-order valence-electron chi connectivity index (χ0n) is 16.6. The van der Waals surface area contributed by atoms with E-state index in [2.05, 4.69) is 9.97 Å². The first-order valence-corrected chi connectivity index (χ1v) is 9.63. The number of non-ortho nitro benzene ring substituents is 1. The van der Waals surface area contributed by atoms with Crippen LogP contribution in [-0.2, 0) is 6.42 Å². The molecule has 0 aliphatic carbocycles. The number of hydrogen-bond donors (Lipinski definition) is 0. The second kappa shape index (κ2) is 7.49. The second-order valence-electron chi connectivity index (χ2n) is 7.04. The highest BCUT2D eigenvalue weighted by Crippen LogP contribution is 2.29. The SMILES string of the molecule is COc1ccc2c(c1)C(c1ccc([N+](=O)[O-])cc1)=Nn1c(-c3ccccn3)cnc1C2. The lowest BCUT2D eigenvalue weighted by Crippen LogP contribution is -2.08. The molecule has 0 unspecified atom stereocenters. The summed E-state index contributed by atoms with van der Waals surface area (Å²) in [7, 11) is 1.62. The molecule has 0 fully saturated rings. The van der Waals surface area contributed by atoms with Crippen LogP contribution in [0.3, 0.4) is 0 Å². The number of nitro benzene ring substituents is 1. The van der Waals surface area contributed by atoms with Crippen LogP contribution in [0.4, 0.5) is 5.69 Å². The van der Waals surface area contributed by atoms with Crippen LogP contribution >= 0.6 is 0 Å². The molecule has 8 nitrogen and oxygen atoms in total. The lowest BCUT2D eigenvalue weighted by Gasteiger charge is -2.11. The Kier molecular flexibility index (Phi) is 4.51. The number of ether oxygens (including phenoxy) is 1. The van der Waals surface area contributed by atoms with Crippen LogP contribution in [0.15, 0.2) is 78.2 Å². The predicted octanol–water partition coefficient (Wildman–Crippen LogP) is 4.07. The average molecular weight is 411 g/mol. The van der Waals surface area contributed by atoms with Gasteiger partial charge in [0.05, 0.1) is 29.6 Å². The molecule has 0 atom stereocenters. The van der Waals surface area contributed by atoms with E-state index < -0.39 is 4.92 Å². The maximum atomic E-state index is 11.1. The maximum Gasteiger partial charge on any atom is 0.269 e. The highest BCUT2D eigenvalue weighted by atomic mass is 16.6. The van der Waals surface area contributed by atoms with Crippen LogP contribution in [0.1, 0.15) is 22.5 Å². The summed E-state index contributed by atoms with van der Waals surface area (Å²) in [5, 5.41) is 16.0. The summed E-state index contributed by atoms with van der Waals surface area (Å²) in [5.41, 5.74) is 4.93. The summed E-state index contributed by atoms with van der Waals surface area (Å²) in [4.78, 5) is 19.7. The van der Waals surface area contributed by atoms with E-state index in [1.807, 2.05) is 36.4 Å². The van der Waals surface area contributed by atoms with Gasteiger partial charge in [0, 0.05) is 35.9 Å². The largest absolute Gasteiger partial charge is 0.497 e. The number of nitro groups is 1. The van der Waals surface area contributed by atoms with Crippen molar-refractivity contribution >= 4 is 11.4 Å². The Hall–Kier alpha value is -4.33. The van der Waals surface area contributed by atoms with Crippen LogP contribution < -0.4 is 4.74 Å². The van der Waals surface area contributed by atoms with E-state index in [0.717, 1.165) is 33.9 Å². The van der Waals surface area contributed by atoms with Gasteiger partial charge in [0.2, 0.25) is 0 Å². The molecular weight excluding hydrogens is 394 g/mol. The minimum Gasteiger partial charge on any atom is -0.497 e. The topological polar surface area (TPSA) is 95.4 Å². The first-order chi connectivity index (χ1) is 15.1. The molecule has 3 heterocycles. The molecule has 31 heavy (non-hydrogen) atoms. The van der Waals surface area contributed by atoms with Crippen molar-refractivity contribution in [1.29, 1.82) is 0 Å². The Morgan fingerprint density at radius 3 is 2.61 bits per heavy atom. The summed E-state index contributed by atoms with van der Waals surface area (Å²) in [6, 6.07) is 17.9. The smallest absolute Gasteiger partial charge is 0.269 e. The van der Waals surface area contributed by atoms with Gasteiger partial charge in [-0.2, -0.15) is 5.10 Å². The molecule has 5 rings (SSSR count). The predicted molar refractivity (Wildman–Crippen MR) is 115 cm³/mol. The van der Waals surface area contributed by atoms with E-state index in [4.69, 9.17) is 9.84 Å². The van der Waals surface area contributed by atoms with Crippen molar-refractivity contribution in [2.75, 3.05) is 7.11 Å². The minimum absolute atomic E-state index is 0.0290. The Labute approximate surface area is 177 Å². The summed E-state index contributed by atoms with van der Waals surface area (Å²) in [6.07, 6.45) is 4.07. The summed E-state index contributed by atoms with van der Waals surface area (Å²) >= 11 is 0. The summed E-state index contributed by atoms with van der Waals surface area (Å²) in [5.74, 6) is 1.49. The van der Waals surface area contributed by atoms with E-state index in [1.54, 1.807) is 36.3 Å². The Morgan fingerprint density at radius 2 is 1.90 bits per heavy atom. The van der Waals surface area contributed by atoms with Crippen LogP contribution in [0.2, 0.25) is 0 Å². The third-order valence-electron chi connectivity index (χ3n) is 5.21. The van der Waals surface area contributed by atoms with E-state index in [9.17, 15) is 10.1 Å². The molecule has 0 amide bonds. The molecule has 0 saturated heterocycles. The molecule has 4 aromatic rings. The summed E-state index contributed by atoms with van der Waals surface area (Å²) < 4.78 is 7.23. The number of fused-ring (bicyclic) bond motifs is 2. The van der Waals surface area contributed by atoms with Crippen molar-refractivity contribution in [2.45, 2.75) is 6.42 Å². The summed E-state index contributed by atoms with van der Waals surface area (Å²) in [6.45, 7) is 0. The minimum atomic E-state index is -0.414. The number of imidazole rings is 1. The number of rotatable bonds is 4. The first kappa shape index (κ1) is 18.7. The average Bonchev–Trinajstić information content (AvgIpc) is 3.13. The molecule has 0 radical (unpaired) electrons. The normalized spacial score (nSPS) is 12.4. The zero-order chi connectivity index (χ0) is 21.4. The number of benzene rings is 2. The number of methoxy groups -OCH3 is 1. The third kappa shape index (κ3) is 3.33. The van der Waals surface area contributed by atoms with Gasteiger partial charge in [-0.15, -0.1) is 0 Å². The van der Waals surface area contributed by atoms with Crippen molar-refractivity contribution in [3.8, 4) is 17.1 Å². The molecule has 0 saturated carbocycles. The Morgan fingerprint density at radius 1 is 1.06 bits per heavy atom. The zero-order valence-corrected chi connectivity index (χ0v) is 16.6. The quantitative estimate of drug-likeness (QED) is 0.328. The van der Waals surface area contributed by atoms with Crippen molar-refractivity contribution < 1.29 is 9.66 Å². The van der Waals surface area contributed by atoms with Crippen molar-refractivity contribution in [1.82, 2.24) is 14.6 Å². The molecule has 0 bridgehead atoms. The molecule has 0 spiro atoms. The highest BCUT2D eigenvalue weighted by Gasteiger charge is 2.23. The number of pyridine rings is 1. The maximum absolute atomic E-state index is 11.1. The van der Waals surface area contributed by atoms with Crippen molar-refractivity contribution in [3.05, 3.63) is 106 Å². The van der Waals surface area contributed by atoms with Gasteiger partial charge in [-0.25, -0.2) is 9.66 Å². The van der Waals surface area contributed by atoms with E-state index >= 15 is 0 Å². The van der Waals surface area contributed by atoms with Crippen LogP contribution in [0, 0.1) is 10.1 Å². The van der Waals surface area contributed by atoms with Gasteiger partial charge in [0.25, 0.3) is 5.69 Å². The van der Waals surface area contributed by atoms with Gasteiger partial charge in [0.1, 0.15) is 17.3 Å². The van der Waals surface area contributed by atoms with Crippen LogP contribution in [-0.4, -0.2) is 32.4 Å². The molecule has 1 aliphatic rings. The molecular formula is C23H17N5O3. The molecule has 2 aromatic carbocycles. The third-order valence-corrected chi connectivity index (χ3v) is 5.21. The van der Waals surface area contributed by atoms with Crippen LogP contribution in [0.5, 0.6) is 5.75 Å².